The van der Waals surface area contributed by atoms with Gasteiger partial charge in [-0.1, -0.05) is 49.4 Å². The molecule has 0 aliphatic rings. The number of carbonyl (C=O) groups excluding carboxylic acids is 1. The number of urea groups is 1. The van der Waals surface area contributed by atoms with Crippen molar-refractivity contribution < 1.29 is 4.79 Å². The van der Waals surface area contributed by atoms with E-state index in [1.54, 1.807) is 0 Å². The van der Waals surface area contributed by atoms with E-state index in [0.717, 1.165) is 18.8 Å². The molecule has 0 radical (unpaired) electrons. The second-order valence-corrected chi connectivity index (χ2v) is 6.39. The number of nitrogens with one attached hydrogen (secondary N) is 3. The van der Waals surface area contributed by atoms with E-state index in [1.807, 2.05) is 44.2 Å². The van der Waals surface area contributed by atoms with E-state index in [0.29, 0.717) is 5.92 Å². The van der Waals surface area contributed by atoms with Crippen LogP contribution in [-0.2, 0) is 6.54 Å². The van der Waals surface area contributed by atoms with Crippen molar-refractivity contribution in [2.75, 3.05) is 11.9 Å². The molecular weight excluding hydrogens is 298 g/mol. The maximum absolute atomic E-state index is 11.7. The van der Waals surface area contributed by atoms with E-state index in [1.165, 1.54) is 11.1 Å². The molecule has 1 unspecified atom stereocenters. The highest BCUT2D eigenvalue weighted by Gasteiger charge is 2.05. The molecule has 4 nitrogen and oxygen atoms in total. The number of hydrogen-bond donors (Lipinski definition) is 3. The fraction of sp³-hybridized carbons (Fsp3) is 0.350. The molecule has 0 aliphatic heterocycles. The highest BCUT2D eigenvalue weighted by Crippen LogP contribution is 2.14. The van der Waals surface area contributed by atoms with Gasteiger partial charge in [-0.3, -0.25) is 0 Å². The molecule has 0 fully saturated rings. The Balaban J connectivity index is 1.76. The van der Waals surface area contributed by atoms with Gasteiger partial charge in [0.05, 0.1) is 0 Å². The Morgan fingerprint density at radius 3 is 2.25 bits per heavy atom. The molecule has 3 N–H and O–H groups in total. The van der Waals surface area contributed by atoms with Crippen molar-refractivity contribution in [1.82, 2.24) is 10.6 Å². The van der Waals surface area contributed by atoms with Crippen molar-refractivity contribution >= 4 is 11.7 Å². The minimum Gasteiger partial charge on any atom is -0.336 e. The number of hydrogen-bond acceptors (Lipinski definition) is 2. The lowest BCUT2D eigenvalue weighted by Gasteiger charge is -2.13. The molecule has 1 atom stereocenters. The predicted molar refractivity (Wildman–Crippen MR) is 100 cm³/mol. The number of anilines is 1. The lowest BCUT2D eigenvalue weighted by molar-refractivity contribution is 0.250. The van der Waals surface area contributed by atoms with Crippen molar-refractivity contribution in [2.45, 2.75) is 39.3 Å². The van der Waals surface area contributed by atoms with Crippen LogP contribution in [-0.4, -0.2) is 18.6 Å². The zero-order valence-electron chi connectivity index (χ0n) is 14.7. The fourth-order valence-corrected chi connectivity index (χ4v) is 2.47. The summed E-state index contributed by atoms with van der Waals surface area (Å²) in [6, 6.07) is 18.4. The van der Waals surface area contributed by atoms with Crippen LogP contribution >= 0.6 is 0 Å². The van der Waals surface area contributed by atoms with Gasteiger partial charge in [0.25, 0.3) is 0 Å². The second kappa shape index (κ2) is 9.08. The molecule has 4 heteroatoms. The van der Waals surface area contributed by atoms with E-state index in [2.05, 4.69) is 47.1 Å². The maximum Gasteiger partial charge on any atom is 0.319 e. The average Bonchev–Trinajstić information content (AvgIpc) is 2.56. The summed E-state index contributed by atoms with van der Waals surface area (Å²) >= 11 is 0. The van der Waals surface area contributed by atoms with Gasteiger partial charge in [0, 0.05) is 24.8 Å². The molecule has 128 valence electrons. The largest absolute Gasteiger partial charge is 0.336 e. The second-order valence-electron chi connectivity index (χ2n) is 6.39. The summed E-state index contributed by atoms with van der Waals surface area (Å²) in [4.78, 5) is 11.7. The van der Waals surface area contributed by atoms with Crippen LogP contribution in [0.3, 0.4) is 0 Å². The van der Waals surface area contributed by atoms with Crippen molar-refractivity contribution in [3.05, 3.63) is 65.7 Å². The van der Waals surface area contributed by atoms with Crippen LogP contribution in [0.25, 0.3) is 0 Å². The third kappa shape index (κ3) is 6.05. The van der Waals surface area contributed by atoms with Crippen LogP contribution in [0.2, 0.25) is 0 Å². The summed E-state index contributed by atoms with van der Waals surface area (Å²) in [5.74, 6) is 0.479. The first-order chi connectivity index (χ1) is 11.5. The van der Waals surface area contributed by atoms with Gasteiger partial charge >= 0.3 is 6.03 Å². The van der Waals surface area contributed by atoms with Crippen LogP contribution in [0.5, 0.6) is 0 Å². The van der Waals surface area contributed by atoms with Gasteiger partial charge in [-0.25, -0.2) is 4.79 Å². The van der Waals surface area contributed by atoms with Crippen LogP contribution in [0.15, 0.2) is 54.6 Å². The minimum absolute atomic E-state index is 0.125. The molecule has 2 amide bonds. The summed E-state index contributed by atoms with van der Waals surface area (Å²) in [5.41, 5.74) is 3.35. The molecular formula is C20H27N3O. The summed E-state index contributed by atoms with van der Waals surface area (Å²) in [6.45, 7) is 7.84. The highest BCUT2D eigenvalue weighted by molar-refractivity contribution is 5.89. The van der Waals surface area contributed by atoms with Gasteiger partial charge in [-0.2, -0.15) is 0 Å². The maximum atomic E-state index is 11.7. The molecule has 0 aromatic heterocycles. The van der Waals surface area contributed by atoms with Gasteiger partial charge < -0.3 is 16.0 Å². The molecule has 0 spiro atoms. The molecule has 2 rings (SSSR count). The number of amides is 2. The first kappa shape index (κ1) is 18.0. The molecule has 0 bridgehead atoms. The van der Waals surface area contributed by atoms with E-state index >= 15 is 0 Å². The first-order valence-corrected chi connectivity index (χ1v) is 8.46. The fourth-order valence-electron chi connectivity index (χ4n) is 2.47. The Hall–Kier alpha value is -2.33. The average molecular weight is 325 g/mol. The van der Waals surface area contributed by atoms with Crippen molar-refractivity contribution in [1.29, 1.82) is 0 Å². The summed E-state index contributed by atoms with van der Waals surface area (Å²) in [6.07, 6.45) is 0. The quantitative estimate of drug-likeness (QED) is 0.717. The van der Waals surface area contributed by atoms with Crippen molar-refractivity contribution in [2.24, 2.45) is 0 Å². The van der Waals surface area contributed by atoms with E-state index in [9.17, 15) is 4.79 Å². The van der Waals surface area contributed by atoms with Gasteiger partial charge in [-0.05, 0) is 43.0 Å². The van der Waals surface area contributed by atoms with Crippen LogP contribution in [0, 0.1) is 0 Å². The Kier molecular flexibility index (Phi) is 6.82. The third-order valence-corrected chi connectivity index (χ3v) is 3.78. The zero-order chi connectivity index (χ0) is 17.4. The van der Waals surface area contributed by atoms with Crippen molar-refractivity contribution in [3.8, 4) is 0 Å². The molecule has 0 heterocycles. The topological polar surface area (TPSA) is 53.2 Å². The van der Waals surface area contributed by atoms with Crippen LogP contribution < -0.4 is 16.0 Å². The Bertz CT molecular complexity index is 623. The van der Waals surface area contributed by atoms with Crippen molar-refractivity contribution in [3.63, 3.8) is 0 Å². The Labute approximate surface area is 144 Å². The van der Waals surface area contributed by atoms with E-state index in [-0.39, 0.29) is 12.1 Å². The number of carbonyl (C=O) groups is 1. The highest BCUT2D eigenvalue weighted by atomic mass is 16.2. The normalized spacial score (nSPS) is 12.0. The molecule has 24 heavy (non-hydrogen) atoms. The molecule has 0 saturated carbocycles. The lowest BCUT2D eigenvalue weighted by atomic mass is 10.0. The molecule has 2 aromatic carbocycles. The smallest absolute Gasteiger partial charge is 0.319 e. The number of rotatable bonds is 7. The standard InChI is InChI=1S/C20H27N3O/c1-15(2)22-20(24)23-19-11-9-17(10-12-19)14-21-13-16(3)18-7-5-4-6-8-18/h4-12,15-16,21H,13-14H2,1-3H3,(H2,22,23,24). The summed E-state index contributed by atoms with van der Waals surface area (Å²) < 4.78 is 0. The Morgan fingerprint density at radius 2 is 1.62 bits per heavy atom. The number of benzene rings is 2. The summed E-state index contributed by atoms with van der Waals surface area (Å²) in [7, 11) is 0. The zero-order valence-corrected chi connectivity index (χ0v) is 14.7. The molecule has 0 saturated heterocycles. The van der Waals surface area contributed by atoms with Gasteiger partial charge in [0.1, 0.15) is 0 Å². The monoisotopic (exact) mass is 325 g/mol. The van der Waals surface area contributed by atoms with Crippen LogP contribution in [0.1, 0.15) is 37.8 Å². The van der Waals surface area contributed by atoms with E-state index < -0.39 is 0 Å². The Morgan fingerprint density at radius 1 is 0.958 bits per heavy atom. The molecule has 2 aromatic rings. The summed E-state index contributed by atoms with van der Waals surface area (Å²) in [5, 5.41) is 9.12. The SMILES string of the molecule is CC(C)NC(=O)Nc1ccc(CNCC(C)c2ccccc2)cc1. The van der Waals surface area contributed by atoms with Gasteiger partial charge in [-0.15, -0.1) is 0 Å². The lowest BCUT2D eigenvalue weighted by Crippen LogP contribution is -2.34. The van der Waals surface area contributed by atoms with E-state index in [4.69, 9.17) is 0 Å². The van der Waals surface area contributed by atoms with Crippen LogP contribution in [0.4, 0.5) is 10.5 Å². The third-order valence-electron chi connectivity index (χ3n) is 3.78. The van der Waals surface area contributed by atoms with Gasteiger partial charge in [0.2, 0.25) is 0 Å². The van der Waals surface area contributed by atoms with Gasteiger partial charge in [0.15, 0.2) is 0 Å². The minimum atomic E-state index is -0.174. The first-order valence-electron chi connectivity index (χ1n) is 8.46. The molecule has 0 aliphatic carbocycles. The predicted octanol–water partition coefficient (Wildman–Crippen LogP) is 4.11.